The van der Waals surface area contributed by atoms with E-state index >= 15 is 0 Å². The molecular formula is C26H46NO3+. The fraction of sp³-hybridized carbons (Fsp3) is 0.731. The van der Waals surface area contributed by atoms with E-state index < -0.39 is 0 Å². The molecule has 0 heterocycles. The molecule has 0 aliphatic carbocycles. The summed E-state index contributed by atoms with van der Waals surface area (Å²) < 4.78 is 6.38. The van der Waals surface area contributed by atoms with Crippen LogP contribution in [-0.2, 0) is 16.0 Å². The van der Waals surface area contributed by atoms with Gasteiger partial charge in [-0.2, -0.15) is 0 Å². The van der Waals surface area contributed by atoms with Gasteiger partial charge in [0.05, 0.1) is 26.7 Å². The molecule has 1 N–H and O–H groups in total. The van der Waals surface area contributed by atoms with Crippen LogP contribution in [0.2, 0.25) is 0 Å². The second-order valence-corrected chi connectivity index (χ2v) is 8.85. The molecule has 1 aromatic carbocycles. The second-order valence-electron chi connectivity index (χ2n) is 8.85. The van der Waals surface area contributed by atoms with Crippen molar-refractivity contribution in [1.82, 2.24) is 0 Å². The summed E-state index contributed by atoms with van der Waals surface area (Å²) in [5.74, 6) is 0.160. The van der Waals surface area contributed by atoms with Crippen molar-refractivity contribution in [1.29, 1.82) is 0 Å². The van der Waals surface area contributed by atoms with Crippen LogP contribution in [-0.4, -0.2) is 48.3 Å². The van der Waals surface area contributed by atoms with Crippen molar-refractivity contribution in [2.24, 2.45) is 0 Å². The Morgan fingerprint density at radius 3 is 1.87 bits per heavy atom. The number of benzene rings is 1. The number of likely N-dealkylation sites (N-methyl/N-ethyl adjacent to an activating group) is 1. The van der Waals surface area contributed by atoms with E-state index in [1.54, 1.807) is 12.1 Å². The van der Waals surface area contributed by atoms with Crippen LogP contribution in [0.5, 0.6) is 5.75 Å². The van der Waals surface area contributed by atoms with Crippen LogP contribution in [0, 0.1) is 0 Å². The van der Waals surface area contributed by atoms with Crippen LogP contribution < -0.4 is 0 Å². The normalized spacial score (nSPS) is 12.7. The molecule has 0 spiro atoms. The number of unbranched alkanes of at least 4 members (excludes halogenated alkanes) is 9. The predicted molar refractivity (Wildman–Crippen MR) is 126 cm³/mol. The van der Waals surface area contributed by atoms with Crippen molar-refractivity contribution < 1.29 is 19.1 Å². The summed E-state index contributed by atoms with van der Waals surface area (Å²) in [6.45, 7) is 8.80. The Labute approximate surface area is 185 Å². The number of esters is 1. The first-order valence-electron chi connectivity index (χ1n) is 12.3. The van der Waals surface area contributed by atoms with Gasteiger partial charge < -0.3 is 14.3 Å². The molecule has 0 fully saturated rings. The molecule has 0 saturated carbocycles. The first-order chi connectivity index (χ1) is 14.5. The molecule has 0 bridgehead atoms. The average Bonchev–Trinajstić information content (AvgIpc) is 2.76. The Bertz CT molecular complexity index is 566. The van der Waals surface area contributed by atoms with Gasteiger partial charge in [0.1, 0.15) is 5.75 Å². The van der Waals surface area contributed by atoms with Gasteiger partial charge in [-0.25, -0.2) is 4.79 Å². The minimum absolute atomic E-state index is 0.0924. The molecule has 4 heteroatoms. The summed E-state index contributed by atoms with van der Waals surface area (Å²) in [7, 11) is 2.13. The maximum absolute atomic E-state index is 13.0. The van der Waals surface area contributed by atoms with Gasteiger partial charge in [-0.05, 0) is 38.0 Å². The van der Waals surface area contributed by atoms with Crippen molar-refractivity contribution in [2.75, 3.05) is 26.7 Å². The van der Waals surface area contributed by atoms with Crippen molar-refractivity contribution in [2.45, 2.75) is 97.4 Å². The number of carbonyl (C=O) groups is 1. The van der Waals surface area contributed by atoms with Crippen LogP contribution in [0.1, 0.15) is 90.5 Å². The predicted octanol–water partition coefficient (Wildman–Crippen LogP) is 6.25. The zero-order valence-electron chi connectivity index (χ0n) is 20.0. The van der Waals surface area contributed by atoms with E-state index in [0.29, 0.717) is 17.5 Å². The molecule has 0 unspecified atom stereocenters. The lowest BCUT2D eigenvalue weighted by Crippen LogP contribution is -2.57. The molecule has 0 aromatic heterocycles. The third kappa shape index (κ3) is 9.97. The Balaban J connectivity index is 2.38. The summed E-state index contributed by atoms with van der Waals surface area (Å²) >= 11 is 0. The van der Waals surface area contributed by atoms with E-state index in [-0.39, 0.29) is 17.8 Å². The van der Waals surface area contributed by atoms with E-state index in [1.807, 2.05) is 12.1 Å². The van der Waals surface area contributed by atoms with Crippen LogP contribution in [0.3, 0.4) is 0 Å². The number of hydrogen-bond acceptors (Lipinski definition) is 3. The molecular weight excluding hydrogens is 374 g/mol. The number of rotatable bonds is 17. The highest BCUT2D eigenvalue weighted by Crippen LogP contribution is 2.19. The lowest BCUT2D eigenvalue weighted by Gasteiger charge is -2.38. The van der Waals surface area contributed by atoms with Crippen molar-refractivity contribution in [3.8, 4) is 5.75 Å². The molecule has 30 heavy (non-hydrogen) atoms. The number of phenolic OH excluding ortho intramolecular Hbond substituents is 1. The lowest BCUT2D eigenvalue weighted by molar-refractivity contribution is -0.921. The zero-order chi connectivity index (χ0) is 22.2. The lowest BCUT2D eigenvalue weighted by atomic mass is 10.0. The van der Waals surface area contributed by atoms with Gasteiger partial charge in [0.2, 0.25) is 0 Å². The average molecular weight is 421 g/mol. The SMILES string of the molecule is CCCCCCCCCCCCOC(=O)[C@H](Cc1ccc(O)cc1)[N+](C)(CC)CC. The summed E-state index contributed by atoms with van der Waals surface area (Å²) in [6, 6.07) is 6.95. The maximum Gasteiger partial charge on any atom is 0.365 e. The first-order valence-corrected chi connectivity index (χ1v) is 12.3. The van der Waals surface area contributed by atoms with Crippen LogP contribution >= 0.6 is 0 Å². The van der Waals surface area contributed by atoms with E-state index in [0.717, 1.165) is 31.5 Å². The Kier molecular flexibility index (Phi) is 13.5. The molecule has 0 aliphatic heterocycles. The molecule has 0 aliphatic rings. The molecule has 4 nitrogen and oxygen atoms in total. The van der Waals surface area contributed by atoms with Gasteiger partial charge in [-0.3, -0.25) is 0 Å². The largest absolute Gasteiger partial charge is 0.508 e. The third-order valence-electron chi connectivity index (χ3n) is 6.58. The summed E-state index contributed by atoms with van der Waals surface area (Å²) in [5.41, 5.74) is 1.06. The number of carbonyl (C=O) groups excluding carboxylic acids is 1. The molecule has 0 amide bonds. The van der Waals surface area contributed by atoms with Crippen molar-refractivity contribution in [3.63, 3.8) is 0 Å². The first kappa shape index (κ1) is 26.5. The van der Waals surface area contributed by atoms with Crippen molar-refractivity contribution >= 4 is 5.97 Å². The molecule has 0 saturated heterocycles. The highest BCUT2D eigenvalue weighted by molar-refractivity contribution is 5.75. The van der Waals surface area contributed by atoms with Gasteiger partial charge in [-0.15, -0.1) is 0 Å². The second kappa shape index (κ2) is 15.3. The zero-order valence-corrected chi connectivity index (χ0v) is 20.0. The smallest absolute Gasteiger partial charge is 0.365 e. The van der Waals surface area contributed by atoms with E-state index in [1.165, 1.54) is 51.4 Å². The van der Waals surface area contributed by atoms with Crippen LogP contribution in [0.15, 0.2) is 24.3 Å². The number of hydrogen-bond donors (Lipinski definition) is 1. The van der Waals surface area contributed by atoms with Gasteiger partial charge in [0.25, 0.3) is 0 Å². The highest BCUT2D eigenvalue weighted by Gasteiger charge is 2.37. The van der Waals surface area contributed by atoms with Crippen LogP contribution in [0.25, 0.3) is 0 Å². The van der Waals surface area contributed by atoms with E-state index in [2.05, 4.69) is 27.8 Å². The Hall–Kier alpha value is -1.55. The molecule has 172 valence electrons. The van der Waals surface area contributed by atoms with Gasteiger partial charge in [-0.1, -0.05) is 76.8 Å². The molecule has 0 radical (unpaired) electrons. The fourth-order valence-corrected chi connectivity index (χ4v) is 3.94. The number of ether oxygens (including phenoxy) is 1. The fourth-order valence-electron chi connectivity index (χ4n) is 3.94. The minimum Gasteiger partial charge on any atom is -0.508 e. The summed E-state index contributed by atoms with van der Waals surface area (Å²) in [4.78, 5) is 13.0. The number of phenols is 1. The number of aromatic hydroxyl groups is 1. The number of quaternary nitrogens is 1. The van der Waals surface area contributed by atoms with E-state index in [9.17, 15) is 9.90 Å². The Morgan fingerprint density at radius 2 is 1.37 bits per heavy atom. The van der Waals surface area contributed by atoms with Crippen LogP contribution in [0.4, 0.5) is 0 Å². The number of nitrogens with zero attached hydrogens (tertiary/aromatic N) is 1. The third-order valence-corrected chi connectivity index (χ3v) is 6.58. The van der Waals surface area contributed by atoms with Gasteiger partial charge in [0.15, 0.2) is 6.04 Å². The van der Waals surface area contributed by atoms with E-state index in [4.69, 9.17) is 4.74 Å². The standard InChI is InChI=1S/C26H45NO3/c1-5-8-9-10-11-12-13-14-15-16-21-30-26(29)25(27(4,6-2)7-3)22-23-17-19-24(28)20-18-23/h17-20,25H,5-16,21-22H2,1-4H3/p+1/t25-/m0/s1. The quantitative estimate of drug-likeness (QED) is 0.184. The summed E-state index contributed by atoms with van der Waals surface area (Å²) in [6.07, 6.45) is 13.4. The summed E-state index contributed by atoms with van der Waals surface area (Å²) in [5, 5.41) is 9.53. The van der Waals surface area contributed by atoms with Gasteiger partial charge in [0, 0.05) is 6.42 Å². The monoisotopic (exact) mass is 420 g/mol. The highest BCUT2D eigenvalue weighted by atomic mass is 16.5. The molecule has 1 atom stereocenters. The van der Waals surface area contributed by atoms with Gasteiger partial charge >= 0.3 is 5.97 Å². The topological polar surface area (TPSA) is 46.5 Å². The minimum atomic E-state index is -0.215. The van der Waals surface area contributed by atoms with Crippen molar-refractivity contribution in [3.05, 3.63) is 29.8 Å². The maximum atomic E-state index is 13.0. The Morgan fingerprint density at radius 1 is 0.867 bits per heavy atom. The molecule has 1 rings (SSSR count). The molecule has 1 aromatic rings.